The van der Waals surface area contributed by atoms with E-state index in [2.05, 4.69) is 10.5 Å². The maximum atomic E-state index is 12.5. The molecule has 5 nitrogen and oxygen atoms in total. The van der Waals surface area contributed by atoms with Crippen molar-refractivity contribution in [3.05, 3.63) is 102 Å². The van der Waals surface area contributed by atoms with Gasteiger partial charge in [0.2, 0.25) is 5.91 Å². The van der Waals surface area contributed by atoms with Crippen molar-refractivity contribution in [2.75, 3.05) is 7.11 Å². The molecule has 0 heterocycles. The topological polar surface area (TPSA) is 59.9 Å². The summed E-state index contributed by atoms with van der Waals surface area (Å²) in [5, 5.41) is 4.10. The van der Waals surface area contributed by atoms with Crippen LogP contribution < -0.4 is 10.2 Å². The molecule has 0 aliphatic heterocycles. The highest BCUT2D eigenvalue weighted by molar-refractivity contribution is 5.86. The Bertz CT molecular complexity index is 1000. The van der Waals surface area contributed by atoms with E-state index in [-0.39, 0.29) is 11.8 Å². The zero-order chi connectivity index (χ0) is 20.8. The van der Waals surface area contributed by atoms with E-state index in [4.69, 9.17) is 9.47 Å². The maximum Gasteiger partial charge on any atom is 0.246 e. The SMILES string of the molecule is CO[C@]1(c2ccccc2)C[C@H]1C(=O)N/N=C\c1ccc(OCc2ccccc2)cc1. The quantitative estimate of drug-likeness (QED) is 0.454. The number of amides is 1. The first-order valence-electron chi connectivity index (χ1n) is 9.92. The number of methoxy groups -OCH3 is 1. The smallest absolute Gasteiger partial charge is 0.246 e. The van der Waals surface area contributed by atoms with Crippen molar-refractivity contribution in [3.63, 3.8) is 0 Å². The van der Waals surface area contributed by atoms with Crippen LogP contribution in [-0.2, 0) is 21.7 Å². The highest BCUT2D eigenvalue weighted by atomic mass is 16.5. The van der Waals surface area contributed by atoms with Gasteiger partial charge in [-0.3, -0.25) is 4.79 Å². The van der Waals surface area contributed by atoms with Gasteiger partial charge in [-0.1, -0.05) is 60.7 Å². The Morgan fingerprint density at radius 3 is 2.37 bits per heavy atom. The Hall–Kier alpha value is -3.44. The van der Waals surface area contributed by atoms with Gasteiger partial charge in [0.1, 0.15) is 18.0 Å². The van der Waals surface area contributed by atoms with Crippen molar-refractivity contribution in [2.24, 2.45) is 11.0 Å². The van der Waals surface area contributed by atoms with Gasteiger partial charge in [0.15, 0.2) is 0 Å². The highest BCUT2D eigenvalue weighted by Gasteiger charge is 2.60. The van der Waals surface area contributed by atoms with Crippen LogP contribution in [0.4, 0.5) is 0 Å². The van der Waals surface area contributed by atoms with Gasteiger partial charge in [0.25, 0.3) is 0 Å². The van der Waals surface area contributed by atoms with Crippen LogP contribution in [0.1, 0.15) is 23.1 Å². The molecular formula is C25H24N2O3. The van der Waals surface area contributed by atoms with Gasteiger partial charge >= 0.3 is 0 Å². The standard InChI is InChI=1S/C25H24N2O3/c1-29-25(21-10-6-3-7-11-21)16-23(25)24(28)27-26-17-19-12-14-22(15-13-19)30-18-20-8-4-2-5-9-20/h2-15,17,23H,16,18H2,1H3,(H,27,28)/b26-17-/t23-,25-/m0/s1. The Balaban J connectivity index is 1.29. The fourth-order valence-corrected chi connectivity index (χ4v) is 3.57. The van der Waals surface area contributed by atoms with Crippen LogP contribution in [0.15, 0.2) is 90.0 Å². The predicted molar refractivity (Wildman–Crippen MR) is 116 cm³/mol. The number of ether oxygens (including phenoxy) is 2. The Kier molecular flexibility index (Phi) is 5.91. The van der Waals surface area contributed by atoms with Crippen molar-refractivity contribution in [1.29, 1.82) is 0 Å². The molecule has 30 heavy (non-hydrogen) atoms. The second kappa shape index (κ2) is 8.93. The number of rotatable bonds is 8. The lowest BCUT2D eigenvalue weighted by Gasteiger charge is -2.15. The van der Waals surface area contributed by atoms with E-state index in [0.29, 0.717) is 13.0 Å². The number of hydrazone groups is 1. The van der Waals surface area contributed by atoms with Crippen molar-refractivity contribution >= 4 is 12.1 Å². The molecule has 1 fully saturated rings. The van der Waals surface area contributed by atoms with Gasteiger partial charge in [0.05, 0.1) is 12.1 Å². The van der Waals surface area contributed by atoms with Gasteiger partial charge in [0, 0.05) is 7.11 Å². The zero-order valence-corrected chi connectivity index (χ0v) is 16.8. The molecule has 1 aliphatic rings. The fourth-order valence-electron chi connectivity index (χ4n) is 3.57. The number of carbonyl (C=O) groups excluding carboxylic acids is 1. The fraction of sp³-hybridized carbons (Fsp3) is 0.200. The molecule has 1 aliphatic carbocycles. The van der Waals surface area contributed by atoms with Crippen LogP contribution in [0.5, 0.6) is 5.75 Å². The summed E-state index contributed by atoms with van der Waals surface area (Å²) in [5.41, 5.74) is 5.10. The van der Waals surface area contributed by atoms with Gasteiger partial charge in [-0.25, -0.2) is 5.43 Å². The average molecular weight is 400 g/mol. The summed E-state index contributed by atoms with van der Waals surface area (Å²) in [7, 11) is 1.64. The van der Waals surface area contributed by atoms with Gasteiger partial charge in [-0.05, 0) is 47.4 Å². The van der Waals surface area contributed by atoms with Gasteiger partial charge in [-0.2, -0.15) is 5.10 Å². The molecule has 152 valence electrons. The number of carbonyl (C=O) groups is 1. The van der Waals surface area contributed by atoms with E-state index in [1.165, 1.54) is 0 Å². The minimum atomic E-state index is -0.543. The third kappa shape index (κ3) is 4.42. The molecule has 0 radical (unpaired) electrons. The molecule has 0 saturated heterocycles. The number of benzene rings is 3. The Labute approximate surface area is 176 Å². The second-order valence-corrected chi connectivity index (χ2v) is 7.29. The molecule has 3 aromatic rings. The van der Waals surface area contributed by atoms with Crippen LogP contribution in [-0.4, -0.2) is 19.2 Å². The van der Waals surface area contributed by atoms with Crippen molar-refractivity contribution in [2.45, 2.75) is 18.6 Å². The van der Waals surface area contributed by atoms with E-state index in [0.717, 1.165) is 22.4 Å². The number of nitrogens with zero attached hydrogens (tertiary/aromatic N) is 1. The monoisotopic (exact) mass is 400 g/mol. The third-order valence-corrected chi connectivity index (χ3v) is 5.37. The first-order chi connectivity index (χ1) is 14.7. The first-order valence-corrected chi connectivity index (χ1v) is 9.92. The minimum Gasteiger partial charge on any atom is -0.489 e. The molecule has 0 spiro atoms. The van der Waals surface area contributed by atoms with Crippen molar-refractivity contribution < 1.29 is 14.3 Å². The van der Waals surface area contributed by atoms with E-state index in [1.807, 2.05) is 84.9 Å². The summed E-state index contributed by atoms with van der Waals surface area (Å²) in [4.78, 5) is 12.5. The largest absolute Gasteiger partial charge is 0.489 e. The van der Waals surface area contributed by atoms with Gasteiger partial charge < -0.3 is 9.47 Å². The zero-order valence-electron chi connectivity index (χ0n) is 16.8. The van der Waals surface area contributed by atoms with E-state index in [1.54, 1.807) is 13.3 Å². The van der Waals surface area contributed by atoms with E-state index in [9.17, 15) is 4.79 Å². The summed E-state index contributed by atoms with van der Waals surface area (Å²) in [6.07, 6.45) is 2.28. The summed E-state index contributed by atoms with van der Waals surface area (Å²) < 4.78 is 11.5. The van der Waals surface area contributed by atoms with Crippen LogP contribution in [0.3, 0.4) is 0 Å². The summed E-state index contributed by atoms with van der Waals surface area (Å²) in [5.74, 6) is 0.404. The predicted octanol–water partition coefficient (Wildman–Crippen LogP) is 4.28. The van der Waals surface area contributed by atoms with E-state index < -0.39 is 5.60 Å². The average Bonchev–Trinajstić information content (AvgIpc) is 3.56. The minimum absolute atomic E-state index is 0.139. The maximum absolute atomic E-state index is 12.5. The van der Waals surface area contributed by atoms with Crippen LogP contribution in [0.2, 0.25) is 0 Å². The molecule has 1 saturated carbocycles. The molecule has 3 aromatic carbocycles. The molecule has 1 N–H and O–H groups in total. The summed E-state index contributed by atoms with van der Waals surface area (Å²) >= 11 is 0. The summed E-state index contributed by atoms with van der Waals surface area (Å²) in [6.45, 7) is 0.522. The lowest BCUT2D eigenvalue weighted by Crippen LogP contribution is -2.25. The Morgan fingerprint density at radius 1 is 1.03 bits per heavy atom. The van der Waals surface area contributed by atoms with Crippen LogP contribution in [0, 0.1) is 5.92 Å². The molecule has 4 rings (SSSR count). The van der Waals surface area contributed by atoms with Crippen LogP contribution in [0.25, 0.3) is 0 Å². The molecule has 0 bridgehead atoms. The number of nitrogens with one attached hydrogen (secondary N) is 1. The number of hydrogen-bond acceptors (Lipinski definition) is 4. The lowest BCUT2D eigenvalue weighted by molar-refractivity contribution is -0.124. The number of hydrogen-bond donors (Lipinski definition) is 1. The molecule has 1 amide bonds. The molecule has 0 unspecified atom stereocenters. The van der Waals surface area contributed by atoms with Crippen molar-refractivity contribution in [1.82, 2.24) is 5.43 Å². The first kappa shape index (κ1) is 19.9. The summed E-state index contributed by atoms with van der Waals surface area (Å²) in [6, 6.07) is 27.4. The molecule has 0 aromatic heterocycles. The highest BCUT2D eigenvalue weighted by Crippen LogP contribution is 2.54. The normalized spacial score (nSPS) is 20.1. The van der Waals surface area contributed by atoms with Gasteiger partial charge in [-0.15, -0.1) is 0 Å². The van der Waals surface area contributed by atoms with E-state index >= 15 is 0 Å². The Morgan fingerprint density at radius 2 is 1.70 bits per heavy atom. The molecule has 2 atom stereocenters. The molecule has 5 heteroatoms. The lowest BCUT2D eigenvalue weighted by atomic mass is 10.1. The molecular weight excluding hydrogens is 376 g/mol. The van der Waals surface area contributed by atoms with Crippen molar-refractivity contribution in [3.8, 4) is 5.75 Å². The second-order valence-electron chi connectivity index (χ2n) is 7.29. The third-order valence-electron chi connectivity index (χ3n) is 5.37. The van der Waals surface area contributed by atoms with Crippen LogP contribution >= 0.6 is 0 Å².